The number of thiophene rings is 1. The summed E-state index contributed by atoms with van der Waals surface area (Å²) >= 11 is 1.62. The van der Waals surface area contributed by atoms with Gasteiger partial charge in [-0.25, -0.2) is 8.42 Å². The molecule has 1 unspecified atom stereocenters. The minimum Gasteiger partial charge on any atom is -0.381 e. The summed E-state index contributed by atoms with van der Waals surface area (Å²) in [4.78, 5) is 1.26. The van der Waals surface area contributed by atoms with Gasteiger partial charge in [-0.1, -0.05) is 6.07 Å². The number of nitrogens with zero attached hydrogens (tertiary/aromatic N) is 3. The molecule has 0 saturated heterocycles. The summed E-state index contributed by atoms with van der Waals surface area (Å²) in [6.07, 6.45) is 0.673. The lowest BCUT2D eigenvalue weighted by Gasteiger charge is -2.24. The Kier molecular flexibility index (Phi) is 4.40. The average molecular weight is 328 g/mol. The highest BCUT2D eigenvalue weighted by Gasteiger charge is 2.31. The van der Waals surface area contributed by atoms with Gasteiger partial charge in [0.05, 0.1) is 5.69 Å². The van der Waals surface area contributed by atoms with Crippen LogP contribution in [0.1, 0.15) is 17.5 Å². The Hall–Kier alpha value is -1.38. The first-order chi connectivity index (χ1) is 9.75. The molecule has 0 radical (unpaired) electrons. The monoisotopic (exact) mass is 328 g/mol. The molecule has 2 aromatic heterocycles. The van der Waals surface area contributed by atoms with Crippen LogP contribution in [-0.2, 0) is 23.5 Å². The first-order valence-corrected chi connectivity index (χ1v) is 8.86. The predicted octanol–water partition coefficient (Wildman–Crippen LogP) is 1.62. The molecule has 0 aliphatic rings. The van der Waals surface area contributed by atoms with E-state index in [4.69, 9.17) is 5.73 Å². The molecular weight excluding hydrogens is 308 g/mol. The van der Waals surface area contributed by atoms with E-state index in [2.05, 4.69) is 5.10 Å². The van der Waals surface area contributed by atoms with Gasteiger partial charge in [-0.3, -0.25) is 4.68 Å². The Labute approximate surface area is 129 Å². The number of aryl methyl sites for hydroxylation is 1. The molecule has 0 saturated carbocycles. The summed E-state index contributed by atoms with van der Waals surface area (Å²) in [7, 11) is -0.389. The smallest absolute Gasteiger partial charge is 0.248 e. The van der Waals surface area contributed by atoms with Crippen molar-refractivity contribution in [2.24, 2.45) is 7.05 Å². The lowest BCUT2D eigenvalue weighted by atomic mass is 10.2. The molecule has 8 heteroatoms. The predicted molar refractivity (Wildman–Crippen MR) is 84.8 cm³/mol. The van der Waals surface area contributed by atoms with Crippen LogP contribution in [-0.4, -0.2) is 35.6 Å². The minimum atomic E-state index is -3.65. The highest BCUT2D eigenvalue weighted by Crippen LogP contribution is 2.26. The van der Waals surface area contributed by atoms with Crippen LogP contribution in [0, 0.1) is 6.92 Å². The maximum Gasteiger partial charge on any atom is 0.248 e. The second-order valence-electron chi connectivity index (χ2n) is 5.08. The van der Waals surface area contributed by atoms with Crippen molar-refractivity contribution < 1.29 is 8.42 Å². The molecule has 21 heavy (non-hydrogen) atoms. The van der Waals surface area contributed by atoms with E-state index < -0.39 is 10.0 Å². The van der Waals surface area contributed by atoms with Crippen molar-refractivity contribution in [1.29, 1.82) is 0 Å². The van der Waals surface area contributed by atoms with Crippen molar-refractivity contribution >= 4 is 27.2 Å². The second-order valence-corrected chi connectivity index (χ2v) is 8.04. The average Bonchev–Trinajstić information content (AvgIpc) is 2.98. The first kappa shape index (κ1) is 16.0. The van der Waals surface area contributed by atoms with Crippen LogP contribution in [0.4, 0.5) is 5.82 Å². The fourth-order valence-corrected chi connectivity index (χ4v) is 4.64. The van der Waals surface area contributed by atoms with E-state index >= 15 is 0 Å². The Morgan fingerprint density at radius 3 is 2.67 bits per heavy atom. The number of nitrogen functional groups attached to an aromatic ring is 1. The topological polar surface area (TPSA) is 81.2 Å². The molecule has 0 fully saturated rings. The molecule has 2 rings (SSSR count). The molecule has 1 atom stereocenters. The van der Waals surface area contributed by atoms with Gasteiger partial charge in [0, 0.05) is 25.0 Å². The summed E-state index contributed by atoms with van der Waals surface area (Å²) in [6, 6.07) is 3.81. The summed E-state index contributed by atoms with van der Waals surface area (Å²) in [5.74, 6) is 0.0465. The third-order valence-electron chi connectivity index (χ3n) is 3.64. The van der Waals surface area contributed by atoms with Gasteiger partial charge in [0.2, 0.25) is 10.0 Å². The summed E-state index contributed by atoms with van der Waals surface area (Å²) in [6.45, 7) is 3.59. The Morgan fingerprint density at radius 1 is 1.52 bits per heavy atom. The fraction of sp³-hybridized carbons (Fsp3) is 0.462. The molecule has 2 heterocycles. The van der Waals surface area contributed by atoms with Gasteiger partial charge in [-0.2, -0.15) is 9.40 Å². The van der Waals surface area contributed by atoms with Gasteiger partial charge >= 0.3 is 0 Å². The minimum absolute atomic E-state index is 0.0465. The van der Waals surface area contributed by atoms with Crippen molar-refractivity contribution in [2.45, 2.75) is 31.2 Å². The fourth-order valence-electron chi connectivity index (χ4n) is 2.16. The molecule has 2 N–H and O–H groups in total. The molecule has 0 aliphatic carbocycles. The maximum absolute atomic E-state index is 12.8. The number of rotatable bonds is 5. The van der Waals surface area contributed by atoms with Crippen molar-refractivity contribution in [3.63, 3.8) is 0 Å². The number of likely N-dealkylation sites (N-methyl/N-ethyl adjacent to an activating group) is 1. The van der Waals surface area contributed by atoms with Gasteiger partial charge in [-0.15, -0.1) is 11.3 Å². The molecule has 0 aliphatic heterocycles. The van der Waals surface area contributed by atoms with E-state index in [1.807, 2.05) is 24.4 Å². The van der Waals surface area contributed by atoms with Gasteiger partial charge in [0.25, 0.3) is 0 Å². The van der Waals surface area contributed by atoms with Crippen LogP contribution in [0.5, 0.6) is 0 Å². The number of sulfonamides is 1. The highest BCUT2D eigenvalue weighted by atomic mass is 32.2. The number of aromatic nitrogens is 2. The van der Waals surface area contributed by atoms with Crippen molar-refractivity contribution in [3.05, 3.63) is 28.1 Å². The van der Waals surface area contributed by atoms with Crippen molar-refractivity contribution in [2.75, 3.05) is 12.8 Å². The van der Waals surface area contributed by atoms with Gasteiger partial charge in [0.15, 0.2) is 5.82 Å². The van der Waals surface area contributed by atoms with Crippen LogP contribution in [0.25, 0.3) is 0 Å². The van der Waals surface area contributed by atoms with E-state index in [0.29, 0.717) is 12.1 Å². The third-order valence-corrected chi connectivity index (χ3v) is 6.68. The quantitative estimate of drug-likeness (QED) is 0.904. The molecule has 0 amide bonds. The standard InChI is InChI=1S/C13H20N4O2S2/c1-9(8-11-6-5-7-20-11)17(4)21(18,19)12-10(2)16(3)15-13(12)14/h5-7,9H,8H2,1-4H3,(H2,14,15). The van der Waals surface area contributed by atoms with Crippen molar-refractivity contribution in [3.8, 4) is 0 Å². The highest BCUT2D eigenvalue weighted by molar-refractivity contribution is 7.89. The van der Waals surface area contributed by atoms with Crippen LogP contribution in [0.3, 0.4) is 0 Å². The van der Waals surface area contributed by atoms with E-state index in [9.17, 15) is 8.42 Å². The van der Waals surface area contributed by atoms with E-state index in [1.165, 1.54) is 8.99 Å². The largest absolute Gasteiger partial charge is 0.381 e. The zero-order chi connectivity index (χ0) is 15.8. The Bertz CT molecular complexity index is 720. The van der Waals surface area contributed by atoms with Crippen LogP contribution in [0.2, 0.25) is 0 Å². The Morgan fingerprint density at radius 2 is 2.19 bits per heavy atom. The summed E-state index contributed by atoms with van der Waals surface area (Å²) < 4.78 is 28.4. The molecule has 0 bridgehead atoms. The zero-order valence-corrected chi connectivity index (χ0v) is 14.2. The van der Waals surface area contributed by atoms with Crippen molar-refractivity contribution in [1.82, 2.24) is 14.1 Å². The third kappa shape index (κ3) is 2.97. The number of hydrogen-bond donors (Lipinski definition) is 1. The normalized spacial score (nSPS) is 13.8. The SMILES string of the molecule is Cc1c(S(=O)(=O)N(C)C(C)Cc2cccs2)c(N)nn1C. The van der Waals surface area contributed by atoms with E-state index in [1.54, 1.807) is 32.4 Å². The maximum atomic E-state index is 12.8. The van der Waals surface area contributed by atoms with E-state index in [-0.39, 0.29) is 16.8 Å². The second kappa shape index (κ2) is 5.78. The zero-order valence-electron chi connectivity index (χ0n) is 12.6. The van der Waals surface area contributed by atoms with Crippen LogP contribution >= 0.6 is 11.3 Å². The molecule has 116 valence electrons. The molecule has 6 nitrogen and oxygen atoms in total. The molecule has 2 aromatic rings. The lowest BCUT2D eigenvalue weighted by molar-refractivity contribution is 0.388. The molecular formula is C13H20N4O2S2. The van der Waals surface area contributed by atoms with Gasteiger partial charge < -0.3 is 5.73 Å². The Balaban J connectivity index is 2.30. The number of nitrogens with two attached hydrogens (primary N) is 1. The molecule has 0 aromatic carbocycles. The number of anilines is 1. The summed E-state index contributed by atoms with van der Waals surface area (Å²) in [5, 5.41) is 5.97. The number of hydrogen-bond acceptors (Lipinski definition) is 5. The van der Waals surface area contributed by atoms with Crippen LogP contribution < -0.4 is 5.73 Å². The van der Waals surface area contributed by atoms with Crippen LogP contribution in [0.15, 0.2) is 22.4 Å². The van der Waals surface area contributed by atoms with Gasteiger partial charge in [-0.05, 0) is 31.7 Å². The first-order valence-electron chi connectivity index (χ1n) is 6.54. The lowest BCUT2D eigenvalue weighted by Crippen LogP contribution is -2.36. The van der Waals surface area contributed by atoms with E-state index in [0.717, 1.165) is 4.88 Å². The molecule has 0 spiro atoms. The summed E-state index contributed by atoms with van der Waals surface area (Å²) in [5.41, 5.74) is 6.31. The van der Waals surface area contributed by atoms with Gasteiger partial charge in [0.1, 0.15) is 4.90 Å².